The molecule has 1 aromatic carbocycles. The lowest BCUT2D eigenvalue weighted by atomic mass is 10.1. The number of likely N-dealkylation sites (tertiary alicyclic amines) is 1. The van der Waals surface area contributed by atoms with Crippen molar-refractivity contribution in [2.75, 3.05) is 6.54 Å². The van der Waals surface area contributed by atoms with Gasteiger partial charge in [-0.25, -0.2) is 0 Å². The van der Waals surface area contributed by atoms with Crippen LogP contribution in [0.25, 0.3) is 0 Å². The van der Waals surface area contributed by atoms with E-state index in [0.29, 0.717) is 18.5 Å². The highest BCUT2D eigenvalue weighted by molar-refractivity contribution is 5.97. The van der Waals surface area contributed by atoms with Crippen LogP contribution in [0.5, 0.6) is 0 Å². The zero-order chi connectivity index (χ0) is 13.3. The lowest BCUT2D eigenvalue weighted by Crippen LogP contribution is -2.43. The number of nitrogens with two attached hydrogens (primary N) is 1. The monoisotopic (exact) mass is 246 g/mol. The van der Waals surface area contributed by atoms with Gasteiger partial charge < -0.3 is 10.6 Å². The van der Waals surface area contributed by atoms with E-state index in [1.165, 1.54) is 0 Å². The number of hydrogen-bond donors (Lipinski definition) is 1. The molecule has 2 amide bonds. The summed E-state index contributed by atoms with van der Waals surface area (Å²) in [5.74, 6) is -0.510. The summed E-state index contributed by atoms with van der Waals surface area (Å²) in [5.41, 5.74) is 8.19. The minimum atomic E-state index is -0.445. The molecule has 0 aliphatic carbocycles. The molecule has 1 saturated heterocycles. The molecule has 1 aromatic rings. The SMILES string of the molecule is Cc1ccc(C(=O)N2CCC[C@H]2C(N)=O)cc1C. The molecular weight excluding hydrogens is 228 g/mol. The first kappa shape index (κ1) is 12.6. The van der Waals surface area contributed by atoms with E-state index in [4.69, 9.17) is 5.73 Å². The van der Waals surface area contributed by atoms with Gasteiger partial charge in [-0.15, -0.1) is 0 Å². The molecule has 1 aliphatic rings. The summed E-state index contributed by atoms with van der Waals surface area (Å²) in [7, 11) is 0. The summed E-state index contributed by atoms with van der Waals surface area (Å²) in [4.78, 5) is 25.2. The van der Waals surface area contributed by atoms with Gasteiger partial charge >= 0.3 is 0 Å². The highest BCUT2D eigenvalue weighted by atomic mass is 16.2. The van der Waals surface area contributed by atoms with Crippen LogP contribution in [-0.4, -0.2) is 29.3 Å². The molecule has 1 atom stereocenters. The molecule has 2 N–H and O–H groups in total. The van der Waals surface area contributed by atoms with Crippen LogP contribution in [0.4, 0.5) is 0 Å². The third kappa shape index (κ3) is 2.23. The van der Waals surface area contributed by atoms with Crippen LogP contribution in [0.3, 0.4) is 0 Å². The molecule has 1 heterocycles. The fraction of sp³-hybridized carbons (Fsp3) is 0.429. The molecule has 0 radical (unpaired) electrons. The Kier molecular flexibility index (Phi) is 3.36. The highest BCUT2D eigenvalue weighted by Gasteiger charge is 2.33. The van der Waals surface area contributed by atoms with Crippen LogP contribution in [0.1, 0.15) is 34.3 Å². The van der Waals surface area contributed by atoms with Crippen LogP contribution >= 0.6 is 0 Å². The molecule has 0 aromatic heterocycles. The lowest BCUT2D eigenvalue weighted by Gasteiger charge is -2.22. The number of rotatable bonds is 2. The number of nitrogens with zero attached hydrogens (tertiary/aromatic N) is 1. The maximum absolute atomic E-state index is 12.3. The van der Waals surface area contributed by atoms with E-state index in [1.807, 2.05) is 26.0 Å². The number of primary amides is 1. The first-order valence-electron chi connectivity index (χ1n) is 6.18. The van der Waals surface area contributed by atoms with Gasteiger partial charge in [0.25, 0.3) is 5.91 Å². The molecule has 0 bridgehead atoms. The van der Waals surface area contributed by atoms with Gasteiger partial charge in [-0.1, -0.05) is 6.07 Å². The molecule has 0 unspecified atom stereocenters. The number of carbonyl (C=O) groups is 2. The molecule has 4 heteroatoms. The van der Waals surface area contributed by atoms with Crippen molar-refractivity contribution in [2.24, 2.45) is 5.73 Å². The molecule has 0 spiro atoms. The van der Waals surface area contributed by atoms with Gasteiger partial charge in [0.05, 0.1) is 0 Å². The molecule has 18 heavy (non-hydrogen) atoms. The normalized spacial score (nSPS) is 19.0. The van der Waals surface area contributed by atoms with E-state index in [2.05, 4.69) is 0 Å². The van der Waals surface area contributed by atoms with Gasteiger partial charge in [0.2, 0.25) is 5.91 Å². The summed E-state index contributed by atoms with van der Waals surface area (Å²) in [6.45, 7) is 4.59. The predicted octanol–water partition coefficient (Wildman–Crippen LogP) is 1.39. The second-order valence-electron chi connectivity index (χ2n) is 4.86. The second kappa shape index (κ2) is 4.80. The Morgan fingerprint density at radius 3 is 2.61 bits per heavy atom. The molecule has 1 fully saturated rings. The minimum absolute atomic E-state index is 0.0978. The topological polar surface area (TPSA) is 63.4 Å². The third-order valence-electron chi connectivity index (χ3n) is 3.60. The third-order valence-corrected chi connectivity index (χ3v) is 3.60. The van der Waals surface area contributed by atoms with Crippen molar-refractivity contribution in [3.63, 3.8) is 0 Å². The second-order valence-corrected chi connectivity index (χ2v) is 4.86. The molecule has 4 nitrogen and oxygen atoms in total. The Morgan fingerprint density at radius 2 is 2.00 bits per heavy atom. The standard InChI is InChI=1S/C14H18N2O2/c1-9-5-6-11(8-10(9)2)14(18)16-7-3-4-12(16)13(15)17/h5-6,8,12H,3-4,7H2,1-2H3,(H2,15,17)/t12-/m0/s1. The van der Waals surface area contributed by atoms with Crippen molar-refractivity contribution < 1.29 is 9.59 Å². The van der Waals surface area contributed by atoms with Gasteiger partial charge in [-0.2, -0.15) is 0 Å². The summed E-state index contributed by atoms with van der Waals surface area (Å²) in [6.07, 6.45) is 1.51. The average molecular weight is 246 g/mol. The van der Waals surface area contributed by atoms with Crippen molar-refractivity contribution in [1.82, 2.24) is 4.90 Å². The molecule has 96 valence electrons. The number of aryl methyl sites for hydroxylation is 2. The molecule has 1 aliphatic heterocycles. The lowest BCUT2D eigenvalue weighted by molar-refractivity contribution is -0.121. The zero-order valence-electron chi connectivity index (χ0n) is 10.8. The summed E-state index contributed by atoms with van der Waals surface area (Å²) in [6, 6.07) is 5.16. The van der Waals surface area contributed by atoms with Crippen LogP contribution < -0.4 is 5.73 Å². The largest absolute Gasteiger partial charge is 0.368 e. The van der Waals surface area contributed by atoms with E-state index < -0.39 is 11.9 Å². The quantitative estimate of drug-likeness (QED) is 0.857. The number of hydrogen-bond acceptors (Lipinski definition) is 2. The molecule has 2 rings (SSSR count). The Bertz CT molecular complexity index is 497. The molecule has 0 saturated carbocycles. The van der Waals surface area contributed by atoms with Gasteiger partial charge in [-0.05, 0) is 49.9 Å². The van der Waals surface area contributed by atoms with E-state index in [1.54, 1.807) is 11.0 Å². The van der Waals surface area contributed by atoms with E-state index in [0.717, 1.165) is 17.5 Å². The van der Waals surface area contributed by atoms with E-state index >= 15 is 0 Å². The van der Waals surface area contributed by atoms with Crippen molar-refractivity contribution in [3.8, 4) is 0 Å². The number of carbonyl (C=O) groups excluding carboxylic acids is 2. The van der Waals surface area contributed by atoms with Crippen molar-refractivity contribution in [2.45, 2.75) is 32.7 Å². The van der Waals surface area contributed by atoms with Crippen LogP contribution in [0.15, 0.2) is 18.2 Å². The minimum Gasteiger partial charge on any atom is -0.368 e. The number of amides is 2. The Balaban J connectivity index is 2.25. The van der Waals surface area contributed by atoms with Gasteiger partial charge in [0.1, 0.15) is 6.04 Å². The van der Waals surface area contributed by atoms with Crippen LogP contribution in [-0.2, 0) is 4.79 Å². The first-order chi connectivity index (χ1) is 8.50. The van der Waals surface area contributed by atoms with E-state index in [9.17, 15) is 9.59 Å². The van der Waals surface area contributed by atoms with Crippen molar-refractivity contribution in [1.29, 1.82) is 0 Å². The summed E-state index contributed by atoms with van der Waals surface area (Å²) < 4.78 is 0. The van der Waals surface area contributed by atoms with Crippen LogP contribution in [0.2, 0.25) is 0 Å². The Hall–Kier alpha value is -1.84. The van der Waals surface area contributed by atoms with Crippen molar-refractivity contribution >= 4 is 11.8 Å². The molecular formula is C14H18N2O2. The predicted molar refractivity (Wildman–Crippen MR) is 69.2 cm³/mol. The van der Waals surface area contributed by atoms with E-state index in [-0.39, 0.29) is 5.91 Å². The van der Waals surface area contributed by atoms with Crippen molar-refractivity contribution in [3.05, 3.63) is 34.9 Å². The number of benzene rings is 1. The van der Waals surface area contributed by atoms with Gasteiger partial charge in [0.15, 0.2) is 0 Å². The Labute approximate surface area is 107 Å². The maximum Gasteiger partial charge on any atom is 0.254 e. The fourth-order valence-corrected chi connectivity index (χ4v) is 2.35. The summed E-state index contributed by atoms with van der Waals surface area (Å²) in [5, 5.41) is 0. The first-order valence-corrected chi connectivity index (χ1v) is 6.18. The maximum atomic E-state index is 12.3. The summed E-state index contributed by atoms with van der Waals surface area (Å²) >= 11 is 0. The average Bonchev–Trinajstić information content (AvgIpc) is 2.81. The Morgan fingerprint density at radius 1 is 1.28 bits per heavy atom. The zero-order valence-corrected chi connectivity index (χ0v) is 10.8. The highest BCUT2D eigenvalue weighted by Crippen LogP contribution is 2.21. The van der Waals surface area contributed by atoms with Gasteiger partial charge in [0, 0.05) is 12.1 Å². The van der Waals surface area contributed by atoms with Crippen LogP contribution in [0, 0.1) is 13.8 Å². The van der Waals surface area contributed by atoms with Gasteiger partial charge in [-0.3, -0.25) is 9.59 Å². The smallest absolute Gasteiger partial charge is 0.254 e. The fourth-order valence-electron chi connectivity index (χ4n) is 2.35.